The van der Waals surface area contributed by atoms with Crippen LogP contribution in [-0.4, -0.2) is 9.13 Å². The Morgan fingerprint density at radius 1 is 0.200 bits per heavy atom. The van der Waals surface area contributed by atoms with Gasteiger partial charge in [-0.3, -0.25) is 0 Å². The molecular weight excluding hydrogens is 849 g/mol. The highest BCUT2D eigenvalue weighted by molar-refractivity contribution is 6.10. The molecule has 0 unspecified atom stereocenters. The van der Waals surface area contributed by atoms with Gasteiger partial charge in [-0.2, -0.15) is 0 Å². The largest absolute Gasteiger partial charge is 0.310 e. The molecule has 0 bridgehead atoms. The van der Waals surface area contributed by atoms with Crippen LogP contribution < -0.4 is 9.80 Å². The first kappa shape index (κ1) is 40.9. The molecule has 13 aromatic rings. The molecule has 0 aliphatic heterocycles. The predicted molar refractivity (Wildman–Crippen MR) is 295 cm³/mol. The molecular formula is C66H46N4. The van der Waals surface area contributed by atoms with Gasteiger partial charge in [-0.05, 0) is 138 Å². The molecule has 0 atom stereocenters. The van der Waals surface area contributed by atoms with Gasteiger partial charge in [0.15, 0.2) is 0 Å². The van der Waals surface area contributed by atoms with Gasteiger partial charge in [0.1, 0.15) is 0 Å². The Morgan fingerprint density at radius 3 is 0.786 bits per heavy atom. The fraction of sp³-hybridized carbons (Fsp3) is 0. The summed E-state index contributed by atoms with van der Waals surface area (Å²) in [6.07, 6.45) is 0. The molecule has 0 saturated heterocycles. The van der Waals surface area contributed by atoms with E-state index in [0.717, 1.165) is 56.6 Å². The monoisotopic (exact) mass is 894 g/mol. The molecule has 0 amide bonds. The van der Waals surface area contributed by atoms with Gasteiger partial charge in [-0.15, -0.1) is 0 Å². The standard InChI is InChI=1S/C66H46N4/c1-3-16-51(17-4-1)67(53-38-30-47(31-39-53)49-34-42-55(43-35-49)69-63-26-11-7-22-59(63)60-23-8-12-27-64(60)69)57-20-15-21-58(46-57)68(52-18-5-2-6-19-52)54-40-32-48(33-41-54)50-36-44-56(45-37-50)70-65-28-13-9-24-61(65)62-25-10-14-29-66(62)70/h1-46H. The molecule has 2 heterocycles. The normalized spacial score (nSPS) is 11.4. The molecule has 330 valence electrons. The fourth-order valence-electron chi connectivity index (χ4n) is 10.4. The van der Waals surface area contributed by atoms with Crippen molar-refractivity contribution < 1.29 is 0 Å². The van der Waals surface area contributed by atoms with Crippen LogP contribution in [0.2, 0.25) is 0 Å². The van der Waals surface area contributed by atoms with Gasteiger partial charge in [-0.1, -0.05) is 164 Å². The minimum atomic E-state index is 1.06. The minimum absolute atomic E-state index is 1.06. The summed E-state index contributed by atoms with van der Waals surface area (Å²) >= 11 is 0. The molecule has 0 N–H and O–H groups in total. The summed E-state index contributed by atoms with van der Waals surface area (Å²) in [4.78, 5) is 4.68. The summed E-state index contributed by atoms with van der Waals surface area (Å²) in [5.41, 5.74) is 18.3. The number of para-hydroxylation sites is 6. The maximum absolute atomic E-state index is 2.37. The predicted octanol–water partition coefficient (Wildman–Crippen LogP) is 18.2. The van der Waals surface area contributed by atoms with Gasteiger partial charge in [0.05, 0.1) is 22.1 Å². The summed E-state index contributed by atoms with van der Waals surface area (Å²) in [7, 11) is 0. The molecule has 0 saturated carbocycles. The number of nitrogens with zero attached hydrogens (tertiary/aromatic N) is 4. The Balaban J connectivity index is 0.810. The van der Waals surface area contributed by atoms with Gasteiger partial charge in [0.2, 0.25) is 0 Å². The molecule has 70 heavy (non-hydrogen) atoms. The first-order valence-corrected chi connectivity index (χ1v) is 23.9. The van der Waals surface area contributed by atoms with Crippen molar-refractivity contribution in [2.75, 3.05) is 9.80 Å². The first-order valence-electron chi connectivity index (χ1n) is 23.9. The Hall–Kier alpha value is -9.38. The van der Waals surface area contributed by atoms with E-state index >= 15 is 0 Å². The minimum Gasteiger partial charge on any atom is -0.310 e. The lowest BCUT2D eigenvalue weighted by molar-refractivity contribution is 1.18. The van der Waals surface area contributed by atoms with Crippen LogP contribution in [0.1, 0.15) is 0 Å². The number of aromatic nitrogens is 2. The second-order valence-corrected chi connectivity index (χ2v) is 17.8. The van der Waals surface area contributed by atoms with Crippen molar-refractivity contribution in [2.45, 2.75) is 0 Å². The van der Waals surface area contributed by atoms with Gasteiger partial charge < -0.3 is 18.9 Å². The maximum Gasteiger partial charge on any atom is 0.0541 e. The van der Waals surface area contributed by atoms with E-state index in [0.29, 0.717) is 0 Å². The van der Waals surface area contributed by atoms with Crippen LogP contribution >= 0.6 is 0 Å². The molecule has 4 heteroatoms. The van der Waals surface area contributed by atoms with E-state index in [2.05, 4.69) is 298 Å². The zero-order chi connectivity index (χ0) is 46.4. The molecule has 0 spiro atoms. The SMILES string of the molecule is c1ccc(N(c2ccc(-c3ccc(-n4c5ccccc5c5ccccc54)cc3)cc2)c2cccc(N(c3ccccc3)c3ccc(-c4ccc(-n5c6ccccc6c6ccccc65)cc4)cc3)c2)cc1. The highest BCUT2D eigenvalue weighted by Gasteiger charge is 2.19. The molecule has 0 fully saturated rings. The molecule has 2 aromatic heterocycles. The average Bonchev–Trinajstić information content (AvgIpc) is 3.96. The molecule has 11 aromatic carbocycles. The molecule has 4 nitrogen and oxygen atoms in total. The van der Waals surface area contributed by atoms with Crippen molar-refractivity contribution in [3.05, 3.63) is 279 Å². The lowest BCUT2D eigenvalue weighted by atomic mass is 10.0. The lowest BCUT2D eigenvalue weighted by Gasteiger charge is -2.29. The zero-order valence-corrected chi connectivity index (χ0v) is 38.3. The van der Waals surface area contributed by atoms with Crippen LogP contribution in [0.3, 0.4) is 0 Å². The Kier molecular flexibility index (Phi) is 10.1. The summed E-state index contributed by atoms with van der Waals surface area (Å²) in [6.45, 7) is 0. The summed E-state index contributed by atoms with van der Waals surface area (Å²) in [5, 5.41) is 5.07. The van der Waals surface area contributed by atoms with Crippen LogP contribution in [0.5, 0.6) is 0 Å². The van der Waals surface area contributed by atoms with E-state index < -0.39 is 0 Å². The molecule has 13 rings (SSSR count). The van der Waals surface area contributed by atoms with Crippen molar-refractivity contribution in [3.8, 4) is 33.6 Å². The van der Waals surface area contributed by atoms with Gasteiger partial charge in [-0.25, -0.2) is 0 Å². The van der Waals surface area contributed by atoms with Gasteiger partial charge in [0, 0.05) is 67.0 Å². The molecule has 0 radical (unpaired) electrons. The highest BCUT2D eigenvalue weighted by atomic mass is 15.2. The number of anilines is 6. The Labute approximate surface area is 407 Å². The van der Waals surface area contributed by atoms with E-state index in [1.165, 1.54) is 54.7 Å². The topological polar surface area (TPSA) is 16.3 Å². The second kappa shape index (κ2) is 17.4. The van der Waals surface area contributed by atoms with Crippen molar-refractivity contribution >= 4 is 77.7 Å². The molecule has 0 aliphatic rings. The van der Waals surface area contributed by atoms with Crippen LogP contribution in [-0.2, 0) is 0 Å². The van der Waals surface area contributed by atoms with E-state index in [4.69, 9.17) is 0 Å². The van der Waals surface area contributed by atoms with Crippen molar-refractivity contribution in [1.29, 1.82) is 0 Å². The third-order valence-corrected chi connectivity index (χ3v) is 13.7. The third-order valence-electron chi connectivity index (χ3n) is 13.7. The summed E-state index contributed by atoms with van der Waals surface area (Å²) in [6, 6.07) is 101. The van der Waals surface area contributed by atoms with Crippen molar-refractivity contribution in [1.82, 2.24) is 9.13 Å². The van der Waals surface area contributed by atoms with Gasteiger partial charge in [0.25, 0.3) is 0 Å². The van der Waals surface area contributed by atoms with E-state index in [1.807, 2.05) is 0 Å². The van der Waals surface area contributed by atoms with E-state index in [9.17, 15) is 0 Å². The molecule has 0 aliphatic carbocycles. The quantitative estimate of drug-likeness (QED) is 0.136. The number of benzene rings is 11. The van der Waals surface area contributed by atoms with Crippen LogP contribution in [0, 0.1) is 0 Å². The van der Waals surface area contributed by atoms with Crippen molar-refractivity contribution in [3.63, 3.8) is 0 Å². The third kappa shape index (κ3) is 7.18. The van der Waals surface area contributed by atoms with Gasteiger partial charge >= 0.3 is 0 Å². The maximum atomic E-state index is 2.37. The van der Waals surface area contributed by atoms with E-state index in [-0.39, 0.29) is 0 Å². The van der Waals surface area contributed by atoms with E-state index in [1.54, 1.807) is 0 Å². The fourth-order valence-corrected chi connectivity index (χ4v) is 10.4. The van der Waals surface area contributed by atoms with Crippen LogP contribution in [0.25, 0.3) is 77.2 Å². The zero-order valence-electron chi connectivity index (χ0n) is 38.3. The smallest absolute Gasteiger partial charge is 0.0541 e. The Morgan fingerprint density at radius 2 is 0.457 bits per heavy atom. The Bertz CT molecular complexity index is 3600. The first-order chi connectivity index (χ1) is 34.7. The van der Waals surface area contributed by atoms with Crippen molar-refractivity contribution in [2.24, 2.45) is 0 Å². The number of fused-ring (bicyclic) bond motifs is 6. The van der Waals surface area contributed by atoms with Crippen LogP contribution in [0.15, 0.2) is 279 Å². The highest BCUT2D eigenvalue weighted by Crippen LogP contribution is 2.42. The number of rotatable bonds is 10. The number of hydrogen-bond acceptors (Lipinski definition) is 2. The number of hydrogen-bond donors (Lipinski definition) is 0. The average molecular weight is 895 g/mol. The second-order valence-electron chi connectivity index (χ2n) is 17.8. The van der Waals surface area contributed by atoms with Crippen LogP contribution in [0.4, 0.5) is 34.1 Å². The summed E-state index contributed by atoms with van der Waals surface area (Å²) in [5.74, 6) is 0. The summed E-state index contributed by atoms with van der Waals surface area (Å²) < 4.78 is 4.73. The lowest BCUT2D eigenvalue weighted by Crippen LogP contribution is -2.13.